The van der Waals surface area contributed by atoms with Crippen LogP contribution in [-0.2, 0) is 16.0 Å². The molecule has 0 unspecified atom stereocenters. The zero-order valence-electron chi connectivity index (χ0n) is 17.9. The maximum absolute atomic E-state index is 13.3. The number of fused-ring (bicyclic) bond motifs is 1. The van der Waals surface area contributed by atoms with Crippen molar-refractivity contribution in [3.63, 3.8) is 0 Å². The summed E-state index contributed by atoms with van der Waals surface area (Å²) in [6.07, 6.45) is -0.0934. The average Bonchev–Trinajstić information content (AvgIpc) is 3.07. The number of aliphatic hydroxyl groups excluding tert-OH is 1. The number of aliphatic hydroxyl groups is 1. The smallest absolute Gasteiger partial charge is 0.262 e. The third-order valence-electron chi connectivity index (χ3n) is 5.25. The van der Waals surface area contributed by atoms with Gasteiger partial charge in [-0.05, 0) is 55.0 Å². The van der Waals surface area contributed by atoms with Gasteiger partial charge in [0.25, 0.3) is 5.91 Å². The second kappa shape index (κ2) is 9.84. The number of nitrogens with zero attached hydrogens (tertiary/aromatic N) is 1. The lowest BCUT2D eigenvalue weighted by Gasteiger charge is -2.14. The number of amides is 2. The van der Waals surface area contributed by atoms with E-state index in [4.69, 9.17) is 16.3 Å². The Kier molecular flexibility index (Phi) is 7.17. The van der Waals surface area contributed by atoms with Crippen LogP contribution >= 0.6 is 11.6 Å². The number of rotatable bonds is 7. The van der Waals surface area contributed by atoms with E-state index in [1.807, 2.05) is 0 Å². The number of carbonyl (C=O) groups is 3. The number of hydrogen-bond donors (Lipinski definition) is 3. The van der Waals surface area contributed by atoms with E-state index in [0.29, 0.717) is 38.5 Å². The summed E-state index contributed by atoms with van der Waals surface area (Å²) in [7, 11) is 2.95. The summed E-state index contributed by atoms with van der Waals surface area (Å²) in [5.41, 5.74) is 2.27. The van der Waals surface area contributed by atoms with Gasteiger partial charge in [0.05, 0.1) is 25.7 Å². The summed E-state index contributed by atoms with van der Waals surface area (Å²) >= 11 is 5.95. The number of methoxy groups -OCH3 is 1. The Hall–Kier alpha value is -3.36. The Morgan fingerprint density at radius 3 is 2.44 bits per heavy atom. The molecule has 0 aliphatic rings. The Labute approximate surface area is 190 Å². The van der Waals surface area contributed by atoms with Crippen LogP contribution in [0.2, 0.25) is 5.02 Å². The van der Waals surface area contributed by atoms with Crippen molar-refractivity contribution < 1.29 is 24.2 Å². The van der Waals surface area contributed by atoms with E-state index in [9.17, 15) is 19.5 Å². The number of hydrogen-bond acceptors (Lipinski definition) is 5. The van der Waals surface area contributed by atoms with Crippen molar-refractivity contribution in [1.29, 1.82) is 0 Å². The number of nitrogens with one attached hydrogen (secondary N) is 2. The van der Waals surface area contributed by atoms with E-state index >= 15 is 0 Å². The molecular weight excluding hydrogens is 434 g/mol. The zero-order valence-corrected chi connectivity index (χ0v) is 18.7. The summed E-state index contributed by atoms with van der Waals surface area (Å²) in [6.45, 7) is 1.22. The summed E-state index contributed by atoms with van der Waals surface area (Å²) in [5.74, 6) is -0.649. The first-order chi connectivity index (χ1) is 15.3. The number of carbonyl (C=O) groups excluding carboxylic acids is 3. The van der Waals surface area contributed by atoms with E-state index in [1.54, 1.807) is 54.0 Å². The van der Waals surface area contributed by atoms with Gasteiger partial charge in [-0.15, -0.1) is 0 Å². The van der Waals surface area contributed by atoms with Gasteiger partial charge in [-0.1, -0.05) is 11.6 Å². The fourth-order valence-corrected chi connectivity index (χ4v) is 3.70. The van der Waals surface area contributed by atoms with E-state index in [2.05, 4.69) is 10.6 Å². The van der Waals surface area contributed by atoms with Crippen molar-refractivity contribution in [2.75, 3.05) is 20.8 Å². The van der Waals surface area contributed by atoms with Gasteiger partial charge < -0.3 is 20.5 Å². The lowest BCUT2D eigenvalue weighted by atomic mass is 10.1. The van der Waals surface area contributed by atoms with Crippen LogP contribution in [0.4, 0.5) is 0 Å². The van der Waals surface area contributed by atoms with E-state index in [0.717, 1.165) is 0 Å². The van der Waals surface area contributed by atoms with Gasteiger partial charge >= 0.3 is 0 Å². The molecule has 1 atom stereocenters. The lowest BCUT2D eigenvalue weighted by molar-refractivity contribution is -0.129. The maximum atomic E-state index is 13.3. The molecule has 9 heteroatoms. The third-order valence-corrected chi connectivity index (χ3v) is 5.51. The van der Waals surface area contributed by atoms with Crippen LogP contribution in [-0.4, -0.2) is 54.2 Å². The average molecular weight is 458 g/mol. The van der Waals surface area contributed by atoms with Crippen LogP contribution in [0, 0.1) is 6.92 Å². The minimum atomic E-state index is -1.06. The molecule has 3 N–H and O–H groups in total. The number of ether oxygens (including phenoxy) is 1. The van der Waals surface area contributed by atoms with Crippen molar-refractivity contribution >= 4 is 40.2 Å². The van der Waals surface area contributed by atoms with Crippen LogP contribution < -0.4 is 15.4 Å². The molecule has 0 aliphatic carbocycles. The highest BCUT2D eigenvalue weighted by molar-refractivity contribution is 6.30. The molecule has 2 aromatic carbocycles. The molecule has 0 radical (unpaired) electrons. The molecule has 8 nitrogen and oxygen atoms in total. The van der Waals surface area contributed by atoms with Crippen molar-refractivity contribution in [3.05, 3.63) is 64.3 Å². The van der Waals surface area contributed by atoms with Crippen LogP contribution in [0.3, 0.4) is 0 Å². The normalized spacial score (nSPS) is 11.8. The van der Waals surface area contributed by atoms with Crippen LogP contribution in [0.5, 0.6) is 5.75 Å². The standard InChI is InChI=1S/C23H24ClN3O5/c1-13-17(11-21(29)26-19(12-28)22(30)25-2)18-10-16(32-3)8-9-20(18)27(13)23(31)14-4-6-15(24)7-5-14/h4-10,19,28H,11-12H2,1-3H3,(H,25,30)(H,26,29)/t19-/m0/s1. The molecule has 0 fully saturated rings. The van der Waals surface area contributed by atoms with Crippen molar-refractivity contribution in [3.8, 4) is 5.75 Å². The van der Waals surface area contributed by atoms with Gasteiger partial charge in [-0.25, -0.2) is 0 Å². The molecular formula is C23H24ClN3O5. The highest BCUT2D eigenvalue weighted by atomic mass is 35.5. The molecule has 1 aromatic heterocycles. The molecule has 0 aliphatic heterocycles. The summed E-state index contributed by atoms with van der Waals surface area (Å²) in [6, 6.07) is 10.8. The summed E-state index contributed by atoms with van der Waals surface area (Å²) < 4.78 is 6.87. The number of halogens is 1. The molecule has 32 heavy (non-hydrogen) atoms. The van der Waals surface area contributed by atoms with E-state index < -0.39 is 24.5 Å². The second-order valence-electron chi connectivity index (χ2n) is 7.19. The lowest BCUT2D eigenvalue weighted by Crippen LogP contribution is -2.48. The fourth-order valence-electron chi connectivity index (χ4n) is 3.57. The minimum absolute atomic E-state index is 0.0934. The molecule has 0 spiro atoms. The summed E-state index contributed by atoms with van der Waals surface area (Å²) in [5, 5.41) is 15.5. The first kappa shape index (κ1) is 23.3. The molecule has 2 amide bonds. The van der Waals surface area contributed by atoms with Crippen LogP contribution in [0.1, 0.15) is 21.6 Å². The van der Waals surface area contributed by atoms with Gasteiger partial charge in [0.2, 0.25) is 11.8 Å². The largest absolute Gasteiger partial charge is 0.497 e. The molecule has 168 valence electrons. The first-order valence-electron chi connectivity index (χ1n) is 9.90. The molecule has 1 heterocycles. The first-order valence-corrected chi connectivity index (χ1v) is 10.3. The predicted molar refractivity (Wildman–Crippen MR) is 121 cm³/mol. The van der Waals surface area contributed by atoms with E-state index in [-0.39, 0.29) is 12.3 Å². The van der Waals surface area contributed by atoms with Crippen molar-refractivity contribution in [1.82, 2.24) is 15.2 Å². The number of likely N-dealkylation sites (N-methyl/N-ethyl adjacent to an activating group) is 1. The van der Waals surface area contributed by atoms with E-state index in [1.165, 1.54) is 14.2 Å². The molecule has 0 saturated heterocycles. The van der Waals surface area contributed by atoms with Crippen LogP contribution in [0.25, 0.3) is 10.9 Å². The number of benzene rings is 2. The molecule has 3 rings (SSSR count). The van der Waals surface area contributed by atoms with Gasteiger partial charge in [0, 0.05) is 28.7 Å². The second-order valence-corrected chi connectivity index (χ2v) is 7.62. The van der Waals surface area contributed by atoms with Gasteiger partial charge in [-0.2, -0.15) is 0 Å². The van der Waals surface area contributed by atoms with Gasteiger partial charge in [-0.3, -0.25) is 19.0 Å². The Morgan fingerprint density at radius 1 is 1.16 bits per heavy atom. The summed E-state index contributed by atoms with van der Waals surface area (Å²) in [4.78, 5) is 37.8. The molecule has 0 bridgehead atoms. The highest BCUT2D eigenvalue weighted by Crippen LogP contribution is 2.31. The Balaban J connectivity index is 2.05. The van der Waals surface area contributed by atoms with Gasteiger partial charge in [0.15, 0.2) is 0 Å². The SMILES string of the molecule is CNC(=O)[C@H](CO)NC(=O)Cc1c(C)n(C(=O)c2ccc(Cl)cc2)c2ccc(OC)cc12. The number of aromatic nitrogens is 1. The predicted octanol–water partition coefficient (Wildman–Crippen LogP) is 2.07. The monoisotopic (exact) mass is 457 g/mol. The van der Waals surface area contributed by atoms with Crippen molar-refractivity contribution in [2.45, 2.75) is 19.4 Å². The van der Waals surface area contributed by atoms with Crippen molar-refractivity contribution in [2.24, 2.45) is 0 Å². The topological polar surface area (TPSA) is 110 Å². The molecule has 0 saturated carbocycles. The molecule has 3 aromatic rings. The maximum Gasteiger partial charge on any atom is 0.262 e. The van der Waals surface area contributed by atoms with Gasteiger partial charge in [0.1, 0.15) is 11.8 Å². The zero-order chi connectivity index (χ0) is 23.4. The quantitative estimate of drug-likeness (QED) is 0.503. The third kappa shape index (κ3) is 4.61. The minimum Gasteiger partial charge on any atom is -0.497 e. The Bertz CT molecular complexity index is 1170. The highest BCUT2D eigenvalue weighted by Gasteiger charge is 2.24. The fraction of sp³-hybridized carbons (Fsp3) is 0.261. The Morgan fingerprint density at radius 2 is 1.84 bits per heavy atom. The van der Waals surface area contributed by atoms with Crippen LogP contribution in [0.15, 0.2) is 42.5 Å².